The number of fused-ring (bicyclic) bond motifs is 1. The Morgan fingerprint density at radius 1 is 0.789 bits per heavy atom. The van der Waals surface area contributed by atoms with Gasteiger partial charge in [-0.05, 0) is 60.0 Å². The van der Waals surface area contributed by atoms with Crippen LogP contribution in [0.3, 0.4) is 0 Å². The summed E-state index contributed by atoms with van der Waals surface area (Å²) in [5, 5.41) is 2.75. The second kappa shape index (κ2) is 17.1. The Balaban J connectivity index is 1.26. The van der Waals surface area contributed by atoms with Crippen molar-refractivity contribution >= 4 is 34.6 Å². The SMILES string of the molecule is COc1ccc(C(OC[C@H]2O[C@@H](n3cnc4c(NC(=O)c5ccccc5)ncnc43)[C@@H](F)C2OC(=O)CCC(C)=O)(c2ccccc2)c2ccc(OC)cc2)cc1. The number of nitrogens with one attached hydrogen (secondary N) is 1. The molecule has 1 aliphatic heterocycles. The molecule has 1 amide bonds. The lowest BCUT2D eigenvalue weighted by molar-refractivity contribution is -0.158. The zero-order valence-corrected chi connectivity index (χ0v) is 31.4. The molecule has 1 unspecified atom stereocenters. The number of aromatic nitrogens is 4. The predicted octanol–water partition coefficient (Wildman–Crippen LogP) is 6.62. The maximum Gasteiger partial charge on any atom is 0.306 e. The fourth-order valence-corrected chi connectivity index (χ4v) is 6.86. The fraction of sp³-hybridized carbons (Fsp3) is 0.256. The average Bonchev–Trinajstić information content (AvgIpc) is 3.82. The van der Waals surface area contributed by atoms with Gasteiger partial charge in [-0.1, -0.05) is 72.8 Å². The fourth-order valence-electron chi connectivity index (χ4n) is 6.86. The van der Waals surface area contributed by atoms with Gasteiger partial charge in [-0.25, -0.2) is 19.3 Å². The van der Waals surface area contributed by atoms with E-state index in [1.165, 1.54) is 24.1 Å². The van der Waals surface area contributed by atoms with E-state index in [1.54, 1.807) is 44.6 Å². The third kappa shape index (κ3) is 8.09. The number of benzene rings is 4. The molecule has 0 bridgehead atoms. The van der Waals surface area contributed by atoms with Gasteiger partial charge in [0.2, 0.25) is 0 Å². The van der Waals surface area contributed by atoms with E-state index in [-0.39, 0.29) is 42.2 Å². The molecule has 2 aromatic heterocycles. The third-order valence-corrected chi connectivity index (χ3v) is 9.75. The summed E-state index contributed by atoms with van der Waals surface area (Å²) in [5.74, 6) is -0.0227. The molecule has 6 aromatic rings. The molecule has 7 rings (SSSR count). The number of imidazole rings is 1. The molecular weight excluding hydrogens is 733 g/mol. The van der Waals surface area contributed by atoms with E-state index >= 15 is 4.39 Å². The number of ketones is 1. The van der Waals surface area contributed by atoms with E-state index in [1.807, 2.05) is 78.9 Å². The van der Waals surface area contributed by atoms with Crippen molar-refractivity contribution in [3.05, 3.63) is 144 Å². The summed E-state index contributed by atoms with van der Waals surface area (Å²) in [6.07, 6.45) is -3.72. The second-order valence-corrected chi connectivity index (χ2v) is 13.3. The van der Waals surface area contributed by atoms with Crippen LogP contribution < -0.4 is 14.8 Å². The van der Waals surface area contributed by atoms with Crippen LogP contribution in [0.15, 0.2) is 122 Å². The lowest BCUT2D eigenvalue weighted by Gasteiger charge is -2.37. The molecule has 1 fully saturated rings. The first-order valence-corrected chi connectivity index (χ1v) is 18.2. The van der Waals surface area contributed by atoms with E-state index in [2.05, 4.69) is 20.3 Å². The van der Waals surface area contributed by atoms with Crippen molar-refractivity contribution in [2.75, 3.05) is 26.1 Å². The molecule has 13 nitrogen and oxygen atoms in total. The van der Waals surface area contributed by atoms with Gasteiger partial charge in [-0.3, -0.25) is 14.2 Å². The van der Waals surface area contributed by atoms with Crippen LogP contribution in [0, 0.1) is 0 Å². The topological polar surface area (TPSA) is 153 Å². The van der Waals surface area contributed by atoms with E-state index < -0.39 is 42.1 Å². The molecule has 4 aromatic carbocycles. The molecule has 0 spiro atoms. The van der Waals surface area contributed by atoms with Crippen LogP contribution in [-0.4, -0.2) is 76.4 Å². The first kappa shape index (κ1) is 38.8. The van der Waals surface area contributed by atoms with Crippen molar-refractivity contribution in [3.8, 4) is 11.5 Å². The van der Waals surface area contributed by atoms with Gasteiger partial charge < -0.3 is 33.8 Å². The number of hydrogen-bond acceptors (Lipinski definition) is 11. The van der Waals surface area contributed by atoms with Crippen LogP contribution in [0.4, 0.5) is 10.2 Å². The van der Waals surface area contributed by atoms with Gasteiger partial charge in [0.1, 0.15) is 35.3 Å². The first-order valence-electron chi connectivity index (χ1n) is 18.2. The van der Waals surface area contributed by atoms with E-state index in [0.717, 1.165) is 16.7 Å². The Morgan fingerprint density at radius 3 is 1.98 bits per heavy atom. The van der Waals surface area contributed by atoms with Gasteiger partial charge in [0.05, 0.1) is 33.6 Å². The largest absolute Gasteiger partial charge is 0.497 e. The highest BCUT2D eigenvalue weighted by Crippen LogP contribution is 2.44. The number of methoxy groups -OCH3 is 2. The van der Waals surface area contributed by atoms with E-state index in [9.17, 15) is 14.4 Å². The normalized spacial score (nSPS) is 17.9. The smallest absolute Gasteiger partial charge is 0.306 e. The van der Waals surface area contributed by atoms with Crippen molar-refractivity contribution in [1.82, 2.24) is 19.5 Å². The Kier molecular flexibility index (Phi) is 11.6. The number of esters is 1. The zero-order chi connectivity index (χ0) is 39.9. The minimum atomic E-state index is -1.94. The monoisotopic (exact) mass is 773 g/mol. The van der Waals surface area contributed by atoms with Gasteiger partial charge in [-0.15, -0.1) is 0 Å². The van der Waals surface area contributed by atoms with Crippen molar-refractivity contribution < 1.29 is 42.5 Å². The number of amides is 1. The van der Waals surface area contributed by atoms with Gasteiger partial charge in [0, 0.05) is 12.0 Å². The Bertz CT molecular complexity index is 2280. The van der Waals surface area contributed by atoms with Crippen LogP contribution in [0.2, 0.25) is 0 Å². The summed E-state index contributed by atoms with van der Waals surface area (Å²) in [4.78, 5) is 50.8. The number of Topliss-reactive ketones (excluding diaryl/α,β-unsaturated/α-hetero) is 1. The molecule has 1 N–H and O–H groups in total. The van der Waals surface area contributed by atoms with Crippen molar-refractivity contribution in [1.29, 1.82) is 0 Å². The lowest BCUT2D eigenvalue weighted by atomic mass is 9.80. The van der Waals surface area contributed by atoms with Crippen molar-refractivity contribution in [2.24, 2.45) is 0 Å². The van der Waals surface area contributed by atoms with Gasteiger partial charge in [-0.2, -0.15) is 0 Å². The van der Waals surface area contributed by atoms with Crippen LogP contribution in [0.25, 0.3) is 11.2 Å². The number of ether oxygens (including phenoxy) is 5. The number of rotatable bonds is 15. The second-order valence-electron chi connectivity index (χ2n) is 13.3. The van der Waals surface area contributed by atoms with Crippen LogP contribution in [-0.2, 0) is 29.4 Å². The Labute approximate surface area is 327 Å². The van der Waals surface area contributed by atoms with Crippen LogP contribution >= 0.6 is 0 Å². The van der Waals surface area contributed by atoms with E-state index in [0.29, 0.717) is 17.1 Å². The summed E-state index contributed by atoms with van der Waals surface area (Å²) < 4.78 is 48.4. The maximum atomic E-state index is 16.9. The van der Waals surface area contributed by atoms with Crippen LogP contribution in [0.5, 0.6) is 11.5 Å². The minimum Gasteiger partial charge on any atom is -0.497 e. The minimum absolute atomic E-state index is 0.0689. The molecule has 57 heavy (non-hydrogen) atoms. The molecule has 4 atom stereocenters. The summed E-state index contributed by atoms with van der Waals surface area (Å²) in [5.41, 5.74) is 1.67. The number of hydrogen-bond donors (Lipinski definition) is 1. The molecule has 0 radical (unpaired) electrons. The number of anilines is 1. The molecule has 292 valence electrons. The van der Waals surface area contributed by atoms with Crippen molar-refractivity contribution in [3.63, 3.8) is 0 Å². The van der Waals surface area contributed by atoms with Gasteiger partial charge >= 0.3 is 5.97 Å². The van der Waals surface area contributed by atoms with Gasteiger partial charge in [0.15, 0.2) is 35.5 Å². The Morgan fingerprint density at radius 2 is 1.39 bits per heavy atom. The molecule has 1 aliphatic rings. The quantitative estimate of drug-likeness (QED) is 0.0885. The van der Waals surface area contributed by atoms with Crippen LogP contribution in [0.1, 0.15) is 53.0 Å². The number of carbonyl (C=O) groups excluding carboxylic acids is 3. The summed E-state index contributed by atoms with van der Waals surface area (Å²) in [6.45, 7) is 1.09. The average molecular weight is 774 g/mol. The molecule has 1 saturated heterocycles. The standard InChI is InChI=1S/C43H40FN5O8/c1-27(50)14-23-35(51)57-38-34(56-42(36(38)44)49-26-47-37-39(45-25-46-40(37)49)48-41(52)28-10-6-4-7-11-28)24-55-43(29-12-8-5-9-13-29,30-15-19-32(53-2)20-16-30)31-17-21-33(54-3)22-18-31/h4-13,15-22,25-26,34,36,38,42H,14,23-24H2,1-3H3,(H,45,46,48,52)/t34-,36+,38?,42-/m1/s1. The summed E-state index contributed by atoms with van der Waals surface area (Å²) >= 11 is 0. The van der Waals surface area contributed by atoms with Crippen molar-refractivity contribution in [2.45, 2.75) is 50.0 Å². The maximum absolute atomic E-state index is 16.9. The highest BCUT2D eigenvalue weighted by Gasteiger charge is 2.51. The third-order valence-electron chi connectivity index (χ3n) is 9.75. The zero-order valence-electron chi connectivity index (χ0n) is 31.4. The molecule has 14 heteroatoms. The summed E-state index contributed by atoms with van der Waals surface area (Å²) in [7, 11) is 3.16. The number of alkyl halides is 1. The van der Waals surface area contributed by atoms with E-state index in [4.69, 9.17) is 23.7 Å². The number of carbonyl (C=O) groups is 3. The highest BCUT2D eigenvalue weighted by molar-refractivity contribution is 6.06. The predicted molar refractivity (Wildman–Crippen MR) is 207 cm³/mol. The lowest BCUT2D eigenvalue weighted by Crippen LogP contribution is -2.41. The van der Waals surface area contributed by atoms with Gasteiger partial charge in [0.25, 0.3) is 5.91 Å². The number of nitrogens with zero attached hydrogens (tertiary/aromatic N) is 4. The highest BCUT2D eigenvalue weighted by atomic mass is 19.1. The summed E-state index contributed by atoms with van der Waals surface area (Å²) in [6, 6.07) is 32.9. The molecular formula is C43H40FN5O8. The molecule has 0 saturated carbocycles. The number of halogens is 1. The Hall–Kier alpha value is -6.51. The molecule has 3 heterocycles. The molecule has 0 aliphatic carbocycles. The first-order chi connectivity index (χ1) is 27.7.